The van der Waals surface area contributed by atoms with Crippen LogP contribution in [0.1, 0.15) is 38.5 Å². The fourth-order valence-electron chi connectivity index (χ4n) is 3.89. The average Bonchev–Trinajstić information content (AvgIpc) is 2.93. The van der Waals surface area contributed by atoms with Crippen molar-refractivity contribution in [3.63, 3.8) is 0 Å². The predicted molar refractivity (Wildman–Crippen MR) is 103 cm³/mol. The lowest BCUT2D eigenvalue weighted by Crippen LogP contribution is -2.55. The molecule has 148 valence electrons. The van der Waals surface area contributed by atoms with Gasteiger partial charge >= 0.3 is 0 Å². The topological polar surface area (TPSA) is 82.7 Å². The molecule has 2 heterocycles. The highest BCUT2D eigenvalue weighted by Crippen LogP contribution is 2.34. The maximum absolute atomic E-state index is 11.7. The summed E-state index contributed by atoms with van der Waals surface area (Å²) in [6.45, 7) is 2.33. The second kappa shape index (κ2) is 9.71. The number of halogens is 1. The van der Waals surface area contributed by atoms with Gasteiger partial charge in [-0.1, -0.05) is 11.8 Å². The van der Waals surface area contributed by atoms with Gasteiger partial charge in [0.25, 0.3) is 5.24 Å². The molecule has 2 aliphatic heterocycles. The fraction of sp³-hybridized carbons (Fsp3) is 0.882. The van der Waals surface area contributed by atoms with Crippen molar-refractivity contribution in [2.24, 2.45) is 5.92 Å². The summed E-state index contributed by atoms with van der Waals surface area (Å²) < 4.78 is 6.07. The van der Waals surface area contributed by atoms with Crippen molar-refractivity contribution in [2.45, 2.75) is 61.5 Å². The Bertz CT molecular complexity index is 504. The van der Waals surface area contributed by atoms with Crippen LogP contribution in [0.25, 0.3) is 0 Å². The highest BCUT2D eigenvalue weighted by Gasteiger charge is 2.34. The lowest BCUT2D eigenvalue weighted by molar-refractivity contribution is -0.119. The number of carbonyl (C=O) groups excluding carboxylic acids is 2. The van der Waals surface area contributed by atoms with E-state index in [0.29, 0.717) is 12.0 Å². The lowest BCUT2D eigenvalue weighted by Gasteiger charge is -2.35. The SMILES string of the molecule is CN(CCOC1CCC(CC2SC(=O)NC2=O)CC1)C1CC(Cl)NCN1. The Morgan fingerprint density at radius 2 is 2.00 bits per heavy atom. The number of ether oxygens (including phenoxy) is 1. The van der Waals surface area contributed by atoms with Crippen LogP contribution >= 0.6 is 23.4 Å². The number of thioether (sulfide) groups is 1. The van der Waals surface area contributed by atoms with Crippen molar-refractivity contribution < 1.29 is 14.3 Å². The Kier molecular flexibility index (Phi) is 7.60. The van der Waals surface area contributed by atoms with Gasteiger partial charge in [-0.25, -0.2) is 0 Å². The number of alkyl halides is 1. The van der Waals surface area contributed by atoms with Crippen LogP contribution < -0.4 is 16.0 Å². The van der Waals surface area contributed by atoms with E-state index in [1.165, 1.54) is 0 Å². The smallest absolute Gasteiger partial charge is 0.286 e. The standard InChI is InChI=1S/C17H29ClN4O3S/c1-22(15-9-14(18)19-10-20-15)6-7-25-12-4-2-11(3-5-12)8-13-16(23)21-17(24)26-13/h11-15,19-20H,2-10H2,1H3,(H,21,23,24). The summed E-state index contributed by atoms with van der Waals surface area (Å²) in [5.41, 5.74) is 0.0234. The number of nitrogens with zero attached hydrogens (tertiary/aromatic N) is 1. The number of carbonyl (C=O) groups is 2. The van der Waals surface area contributed by atoms with Crippen LogP contribution in [0.2, 0.25) is 0 Å². The van der Waals surface area contributed by atoms with Crippen molar-refractivity contribution in [1.29, 1.82) is 0 Å². The third kappa shape index (κ3) is 5.81. The minimum Gasteiger partial charge on any atom is -0.377 e. The molecule has 3 N–H and O–H groups in total. The molecule has 3 aliphatic rings. The third-order valence-electron chi connectivity index (χ3n) is 5.53. The van der Waals surface area contributed by atoms with Crippen molar-refractivity contribution >= 4 is 34.5 Å². The van der Waals surface area contributed by atoms with Crippen LogP contribution in [0.5, 0.6) is 0 Å². The Morgan fingerprint density at radius 1 is 1.23 bits per heavy atom. The third-order valence-corrected chi connectivity index (χ3v) is 6.87. The molecule has 7 nitrogen and oxygen atoms in total. The monoisotopic (exact) mass is 404 g/mol. The molecule has 0 aromatic heterocycles. The lowest BCUT2D eigenvalue weighted by atomic mass is 9.84. The van der Waals surface area contributed by atoms with E-state index in [0.717, 1.165) is 70.1 Å². The molecule has 9 heteroatoms. The first-order valence-corrected chi connectivity index (χ1v) is 10.8. The van der Waals surface area contributed by atoms with Crippen LogP contribution in [0.4, 0.5) is 4.79 Å². The largest absolute Gasteiger partial charge is 0.377 e. The summed E-state index contributed by atoms with van der Waals surface area (Å²) in [7, 11) is 2.10. The van der Waals surface area contributed by atoms with Gasteiger partial charge in [-0.15, -0.1) is 11.6 Å². The maximum atomic E-state index is 11.7. The van der Waals surface area contributed by atoms with E-state index >= 15 is 0 Å². The molecule has 1 aliphatic carbocycles. The summed E-state index contributed by atoms with van der Waals surface area (Å²) in [6, 6.07) is 0. The number of likely N-dealkylation sites (N-methyl/N-ethyl adjacent to an activating group) is 1. The number of nitrogens with one attached hydrogen (secondary N) is 3. The van der Waals surface area contributed by atoms with Crippen molar-refractivity contribution in [3.8, 4) is 0 Å². The highest BCUT2D eigenvalue weighted by molar-refractivity contribution is 8.15. The first kappa shape index (κ1) is 20.4. The van der Waals surface area contributed by atoms with Gasteiger partial charge in [-0.2, -0.15) is 0 Å². The molecule has 2 saturated heterocycles. The molecule has 3 atom stereocenters. The van der Waals surface area contributed by atoms with Crippen molar-refractivity contribution in [3.05, 3.63) is 0 Å². The van der Waals surface area contributed by atoms with Gasteiger partial charge in [-0.3, -0.25) is 30.4 Å². The molecule has 0 bridgehead atoms. The number of hydrogen-bond acceptors (Lipinski definition) is 7. The molecule has 3 rings (SSSR count). The molecule has 2 amide bonds. The molecule has 0 aromatic carbocycles. The van der Waals surface area contributed by atoms with Gasteiger partial charge in [0.15, 0.2) is 0 Å². The molecule has 0 spiro atoms. The second-order valence-corrected chi connectivity index (χ2v) is 9.12. The van der Waals surface area contributed by atoms with Crippen molar-refractivity contribution in [1.82, 2.24) is 20.9 Å². The Labute approximate surface area is 164 Å². The van der Waals surface area contributed by atoms with Gasteiger partial charge in [0, 0.05) is 19.6 Å². The van der Waals surface area contributed by atoms with Gasteiger partial charge in [-0.05, 0) is 45.1 Å². The van der Waals surface area contributed by atoms with Crippen LogP contribution in [-0.4, -0.2) is 65.9 Å². The molecule has 1 saturated carbocycles. The van der Waals surface area contributed by atoms with E-state index in [4.69, 9.17) is 16.3 Å². The highest BCUT2D eigenvalue weighted by atomic mass is 35.5. The van der Waals surface area contributed by atoms with Crippen LogP contribution in [-0.2, 0) is 9.53 Å². The minimum absolute atomic E-state index is 0.0234. The van der Waals surface area contributed by atoms with Crippen molar-refractivity contribution in [2.75, 3.05) is 26.9 Å². The van der Waals surface area contributed by atoms with Gasteiger partial charge in [0.05, 0.1) is 29.6 Å². The molecule has 26 heavy (non-hydrogen) atoms. The molecule has 0 aromatic rings. The number of amides is 2. The Hall–Kier alpha value is -0.380. The van der Waals surface area contributed by atoms with Gasteiger partial charge in [0.1, 0.15) is 0 Å². The van der Waals surface area contributed by atoms with E-state index in [-0.39, 0.29) is 28.1 Å². The second-order valence-electron chi connectivity index (χ2n) is 7.42. The van der Waals surface area contributed by atoms with Gasteiger partial charge < -0.3 is 4.74 Å². The van der Waals surface area contributed by atoms with Crippen LogP contribution in [0, 0.1) is 5.92 Å². The zero-order valence-corrected chi connectivity index (χ0v) is 16.8. The first-order chi connectivity index (χ1) is 12.5. The van der Waals surface area contributed by atoms with Gasteiger partial charge in [0.2, 0.25) is 5.91 Å². The van der Waals surface area contributed by atoms with Crippen LogP contribution in [0.15, 0.2) is 0 Å². The molecule has 0 radical (unpaired) electrons. The summed E-state index contributed by atoms with van der Waals surface area (Å²) in [4.78, 5) is 25.2. The number of hydrogen-bond donors (Lipinski definition) is 3. The molecule has 3 unspecified atom stereocenters. The maximum Gasteiger partial charge on any atom is 0.286 e. The summed E-state index contributed by atoms with van der Waals surface area (Å²) in [5, 5.41) is 8.54. The van der Waals surface area contributed by atoms with Crippen LogP contribution in [0.3, 0.4) is 0 Å². The predicted octanol–water partition coefficient (Wildman–Crippen LogP) is 1.67. The normalized spacial score (nSPS) is 35.7. The summed E-state index contributed by atoms with van der Waals surface area (Å²) in [6.07, 6.45) is 6.50. The Balaban J connectivity index is 1.29. The van der Waals surface area contributed by atoms with E-state index < -0.39 is 0 Å². The zero-order valence-electron chi connectivity index (χ0n) is 15.2. The average molecular weight is 405 g/mol. The van der Waals surface area contributed by atoms with E-state index in [2.05, 4.69) is 27.9 Å². The Morgan fingerprint density at radius 3 is 2.65 bits per heavy atom. The summed E-state index contributed by atoms with van der Waals surface area (Å²) in [5.74, 6) is 0.401. The molecule has 3 fully saturated rings. The van der Waals surface area contributed by atoms with E-state index in [9.17, 15) is 9.59 Å². The minimum atomic E-state index is -0.204. The molecular weight excluding hydrogens is 376 g/mol. The van der Waals surface area contributed by atoms with E-state index in [1.54, 1.807) is 0 Å². The number of imide groups is 1. The molecular formula is C17H29ClN4O3S. The fourth-order valence-corrected chi connectivity index (χ4v) is 5.09. The number of rotatable bonds is 7. The quantitative estimate of drug-likeness (QED) is 0.439. The van der Waals surface area contributed by atoms with E-state index in [1.807, 2.05) is 0 Å². The zero-order chi connectivity index (χ0) is 18.5. The first-order valence-electron chi connectivity index (χ1n) is 9.45. The summed E-state index contributed by atoms with van der Waals surface area (Å²) >= 11 is 7.29.